The number of aryl methyl sites for hydroxylation is 3. The van der Waals surface area contributed by atoms with Crippen LogP contribution in [0.1, 0.15) is 24.9 Å². The minimum atomic E-state index is -0.0152. The third kappa shape index (κ3) is 3.18. The molecule has 0 fully saturated rings. The zero-order valence-corrected chi connectivity index (χ0v) is 11.3. The van der Waals surface area contributed by atoms with Gasteiger partial charge in [-0.25, -0.2) is 0 Å². The molecule has 0 aliphatic rings. The molecule has 7 heteroatoms. The van der Waals surface area contributed by atoms with E-state index in [1.165, 1.54) is 0 Å². The summed E-state index contributed by atoms with van der Waals surface area (Å²) >= 11 is 0. The number of carbonyl (C=O) groups excluding carboxylic acids is 1. The molecule has 0 saturated carbocycles. The van der Waals surface area contributed by atoms with Crippen molar-refractivity contribution in [3.05, 3.63) is 17.7 Å². The van der Waals surface area contributed by atoms with Gasteiger partial charge < -0.3 is 9.73 Å². The predicted molar refractivity (Wildman–Crippen MR) is 68.2 cm³/mol. The Morgan fingerprint density at radius 1 is 1.47 bits per heavy atom. The molecule has 0 aliphatic heterocycles. The Morgan fingerprint density at radius 2 is 2.26 bits per heavy atom. The quantitative estimate of drug-likeness (QED) is 0.864. The largest absolute Gasteiger partial charge is 0.419 e. The van der Waals surface area contributed by atoms with Crippen LogP contribution in [-0.2, 0) is 18.3 Å². The van der Waals surface area contributed by atoms with E-state index in [1.54, 1.807) is 4.68 Å². The fourth-order valence-corrected chi connectivity index (χ4v) is 1.77. The molecular weight excluding hydrogens is 246 g/mol. The minimum absolute atomic E-state index is 0.0152. The molecule has 0 saturated heterocycles. The van der Waals surface area contributed by atoms with E-state index in [0.29, 0.717) is 31.2 Å². The van der Waals surface area contributed by atoms with E-state index < -0.39 is 0 Å². The van der Waals surface area contributed by atoms with Crippen LogP contribution in [0.5, 0.6) is 0 Å². The fourth-order valence-electron chi connectivity index (χ4n) is 1.77. The second-order valence-corrected chi connectivity index (χ2v) is 4.25. The van der Waals surface area contributed by atoms with Crippen molar-refractivity contribution in [3.8, 4) is 11.6 Å². The topological polar surface area (TPSA) is 85.8 Å². The Kier molecular flexibility index (Phi) is 3.94. The summed E-state index contributed by atoms with van der Waals surface area (Å²) in [5.41, 5.74) is 1.66. The first-order valence-electron chi connectivity index (χ1n) is 6.20. The predicted octanol–water partition coefficient (Wildman–Crippen LogP) is 0.847. The number of amides is 1. The van der Waals surface area contributed by atoms with Crippen molar-refractivity contribution < 1.29 is 9.21 Å². The summed E-state index contributed by atoms with van der Waals surface area (Å²) in [5, 5.41) is 14.9. The smallest absolute Gasteiger partial charge is 0.265 e. The van der Waals surface area contributed by atoms with Crippen LogP contribution in [0, 0.1) is 6.92 Å². The van der Waals surface area contributed by atoms with E-state index in [4.69, 9.17) is 4.42 Å². The Bertz CT molecular complexity index is 572. The third-order valence-corrected chi connectivity index (χ3v) is 2.63. The van der Waals surface area contributed by atoms with Gasteiger partial charge in [-0.15, -0.1) is 10.2 Å². The summed E-state index contributed by atoms with van der Waals surface area (Å²) in [6.07, 6.45) is 0.787. The molecule has 102 valence electrons. The van der Waals surface area contributed by atoms with Gasteiger partial charge in [0.25, 0.3) is 5.89 Å². The van der Waals surface area contributed by atoms with Crippen LogP contribution in [0.25, 0.3) is 11.6 Å². The number of nitrogens with one attached hydrogen (secondary N) is 1. The Morgan fingerprint density at radius 3 is 2.89 bits per heavy atom. The molecule has 0 aliphatic carbocycles. The molecule has 2 rings (SSSR count). The maximum absolute atomic E-state index is 11.3. The lowest BCUT2D eigenvalue weighted by Crippen LogP contribution is -2.22. The lowest BCUT2D eigenvalue weighted by molar-refractivity contribution is -0.121. The van der Waals surface area contributed by atoms with E-state index in [9.17, 15) is 4.79 Å². The Balaban J connectivity index is 2.03. The number of hydrogen-bond acceptors (Lipinski definition) is 5. The third-order valence-electron chi connectivity index (χ3n) is 2.63. The molecule has 2 aromatic rings. The van der Waals surface area contributed by atoms with E-state index in [0.717, 1.165) is 11.4 Å². The maximum atomic E-state index is 11.3. The van der Waals surface area contributed by atoms with Crippen LogP contribution < -0.4 is 5.32 Å². The zero-order chi connectivity index (χ0) is 13.8. The Hall–Kier alpha value is -2.18. The summed E-state index contributed by atoms with van der Waals surface area (Å²) in [6, 6.07) is 1.88. The van der Waals surface area contributed by atoms with Gasteiger partial charge in [-0.2, -0.15) is 5.10 Å². The SMILES string of the molecule is CCNC(=O)CCc1nnc(-c2cc(C)nn2C)o1. The van der Waals surface area contributed by atoms with Gasteiger partial charge in [0.05, 0.1) is 5.69 Å². The van der Waals surface area contributed by atoms with Gasteiger partial charge in [0, 0.05) is 26.4 Å². The molecule has 7 nitrogen and oxygen atoms in total. The molecule has 0 spiro atoms. The highest BCUT2D eigenvalue weighted by Gasteiger charge is 2.13. The Labute approximate surface area is 111 Å². The van der Waals surface area contributed by atoms with Gasteiger partial charge in [-0.05, 0) is 19.9 Å². The first-order chi connectivity index (χ1) is 9.10. The van der Waals surface area contributed by atoms with Crippen LogP contribution in [0.3, 0.4) is 0 Å². The van der Waals surface area contributed by atoms with E-state index in [2.05, 4.69) is 20.6 Å². The molecule has 2 aromatic heterocycles. The van der Waals surface area contributed by atoms with Crippen molar-refractivity contribution in [2.24, 2.45) is 7.05 Å². The lowest BCUT2D eigenvalue weighted by atomic mass is 10.3. The standard InChI is InChI=1S/C12H17N5O2/c1-4-13-10(18)5-6-11-14-15-12(19-11)9-7-8(2)16-17(9)3/h7H,4-6H2,1-3H3,(H,13,18). The molecular formula is C12H17N5O2. The normalized spacial score (nSPS) is 10.7. The van der Waals surface area contributed by atoms with E-state index in [-0.39, 0.29) is 5.91 Å². The van der Waals surface area contributed by atoms with Crippen molar-refractivity contribution in [1.29, 1.82) is 0 Å². The van der Waals surface area contributed by atoms with Gasteiger partial charge in [0.1, 0.15) is 5.69 Å². The summed E-state index contributed by atoms with van der Waals surface area (Å²) in [7, 11) is 1.82. The number of rotatable bonds is 5. The zero-order valence-electron chi connectivity index (χ0n) is 11.3. The maximum Gasteiger partial charge on any atom is 0.265 e. The molecule has 2 heterocycles. The number of carbonyl (C=O) groups is 1. The van der Waals surface area contributed by atoms with Crippen molar-refractivity contribution in [1.82, 2.24) is 25.3 Å². The first-order valence-corrected chi connectivity index (χ1v) is 6.20. The molecule has 19 heavy (non-hydrogen) atoms. The average molecular weight is 263 g/mol. The number of hydrogen-bond donors (Lipinski definition) is 1. The van der Waals surface area contributed by atoms with Gasteiger partial charge >= 0.3 is 0 Å². The van der Waals surface area contributed by atoms with E-state index in [1.807, 2.05) is 27.0 Å². The molecule has 0 aromatic carbocycles. The average Bonchev–Trinajstić information content (AvgIpc) is 2.93. The van der Waals surface area contributed by atoms with Crippen LogP contribution in [0.15, 0.2) is 10.5 Å². The summed E-state index contributed by atoms with van der Waals surface area (Å²) in [6.45, 7) is 4.41. The molecule has 0 unspecified atom stereocenters. The van der Waals surface area contributed by atoms with Gasteiger partial charge in [-0.1, -0.05) is 0 Å². The lowest BCUT2D eigenvalue weighted by Gasteiger charge is -1.98. The van der Waals surface area contributed by atoms with Crippen LogP contribution in [0.4, 0.5) is 0 Å². The van der Waals surface area contributed by atoms with Gasteiger partial charge in [0.15, 0.2) is 0 Å². The highest BCUT2D eigenvalue weighted by atomic mass is 16.4. The highest BCUT2D eigenvalue weighted by molar-refractivity contribution is 5.75. The minimum Gasteiger partial charge on any atom is -0.419 e. The highest BCUT2D eigenvalue weighted by Crippen LogP contribution is 2.18. The second kappa shape index (κ2) is 5.64. The van der Waals surface area contributed by atoms with Gasteiger partial charge in [0.2, 0.25) is 11.8 Å². The van der Waals surface area contributed by atoms with Gasteiger partial charge in [-0.3, -0.25) is 9.48 Å². The number of aromatic nitrogens is 4. The second-order valence-electron chi connectivity index (χ2n) is 4.25. The fraction of sp³-hybridized carbons (Fsp3) is 0.500. The molecule has 1 N–H and O–H groups in total. The van der Waals surface area contributed by atoms with Crippen molar-refractivity contribution in [2.45, 2.75) is 26.7 Å². The summed E-state index contributed by atoms with van der Waals surface area (Å²) in [4.78, 5) is 11.3. The molecule has 1 amide bonds. The summed E-state index contributed by atoms with van der Waals surface area (Å²) < 4.78 is 7.22. The number of nitrogens with zero attached hydrogens (tertiary/aromatic N) is 4. The van der Waals surface area contributed by atoms with Crippen LogP contribution in [0.2, 0.25) is 0 Å². The van der Waals surface area contributed by atoms with Crippen molar-refractivity contribution in [3.63, 3.8) is 0 Å². The first kappa shape index (κ1) is 13.3. The molecule has 0 atom stereocenters. The van der Waals surface area contributed by atoms with E-state index >= 15 is 0 Å². The van der Waals surface area contributed by atoms with Crippen LogP contribution >= 0.6 is 0 Å². The monoisotopic (exact) mass is 263 g/mol. The van der Waals surface area contributed by atoms with Crippen LogP contribution in [-0.4, -0.2) is 32.4 Å². The summed E-state index contributed by atoms with van der Waals surface area (Å²) in [5.74, 6) is 0.868. The van der Waals surface area contributed by atoms with Crippen molar-refractivity contribution in [2.75, 3.05) is 6.54 Å². The van der Waals surface area contributed by atoms with Crippen molar-refractivity contribution >= 4 is 5.91 Å². The molecule has 0 radical (unpaired) electrons. The molecule has 0 bridgehead atoms.